The van der Waals surface area contributed by atoms with Crippen LogP contribution in [0.5, 0.6) is 5.75 Å². The highest BCUT2D eigenvalue weighted by Gasteiger charge is 2.44. The summed E-state index contributed by atoms with van der Waals surface area (Å²) in [5.74, 6) is 0.630. The Morgan fingerprint density at radius 3 is 2.54 bits per heavy atom. The second kappa shape index (κ2) is 17.1. The van der Waals surface area contributed by atoms with Gasteiger partial charge in [-0.05, 0) is 98.0 Å². The Balaban J connectivity index is 0.690. The number of piperidine rings is 2. The molecular weight excluding hydrogens is 903 g/mol. The van der Waals surface area contributed by atoms with Gasteiger partial charge in [0.2, 0.25) is 11.8 Å². The van der Waals surface area contributed by atoms with E-state index < -0.39 is 11.9 Å². The van der Waals surface area contributed by atoms with Gasteiger partial charge in [-0.25, -0.2) is 9.97 Å². The molecule has 10 heterocycles. The number of pyridine rings is 3. The molecule has 4 amide bonds. The summed E-state index contributed by atoms with van der Waals surface area (Å²) in [6.07, 6.45) is 9.62. The first-order chi connectivity index (χ1) is 34.2. The zero-order valence-corrected chi connectivity index (χ0v) is 40.6. The molecule has 0 bridgehead atoms. The Hall–Kier alpha value is -7.05. The number of aliphatic hydroxyl groups excluding tert-OH is 1. The number of carbonyl (C=O) groups excluding carboxylic acids is 4. The standard InChI is InChI=1S/C53H59N11O7/c1-30-25-59(33-12-14-61-35(21-33)29-71-47-38-27-64(42-8-10-46(66)57-49(42)67)50(68)37(38)6-7-41(47)61)15-16-60(30)34-5-9-45(55-24-34)56-40-19-32(26-58(4)51(40)69)36-11-13-54-48(39(36)28-65)63-18-17-62-43(52(63)70)20-31-22-53(2,3)23-44(31)62/h5-7,9,11,13,19-20,24,26,30,33,35,42,65H,8,10,12,14-18,21-23,25,27-29H2,1-4H3,(H,55,56)(H,57,66,67)/t30-,33-,35+,42?/m0/s1. The van der Waals surface area contributed by atoms with Crippen LogP contribution in [0.1, 0.15) is 89.7 Å². The van der Waals surface area contributed by atoms with Crippen molar-refractivity contribution in [3.05, 3.63) is 105 Å². The van der Waals surface area contributed by atoms with Crippen molar-refractivity contribution >= 4 is 52.3 Å². The monoisotopic (exact) mass is 961 g/mol. The van der Waals surface area contributed by atoms with E-state index in [2.05, 4.69) is 55.7 Å². The van der Waals surface area contributed by atoms with Crippen molar-refractivity contribution in [3.63, 3.8) is 0 Å². The summed E-state index contributed by atoms with van der Waals surface area (Å²) in [6.45, 7) is 11.8. The maximum atomic E-state index is 14.0. The number of ether oxygens (including phenoxy) is 1. The van der Waals surface area contributed by atoms with Gasteiger partial charge in [0.1, 0.15) is 41.4 Å². The maximum Gasteiger partial charge on any atom is 0.276 e. The summed E-state index contributed by atoms with van der Waals surface area (Å²) >= 11 is 0. The molecule has 4 aromatic heterocycles. The third-order valence-corrected chi connectivity index (χ3v) is 16.1. The zero-order valence-electron chi connectivity index (χ0n) is 40.6. The largest absolute Gasteiger partial charge is 0.489 e. The molecule has 18 heteroatoms. The molecule has 12 rings (SSSR count). The van der Waals surface area contributed by atoms with Crippen LogP contribution in [0.4, 0.5) is 28.7 Å². The second-order valence-corrected chi connectivity index (χ2v) is 21.2. The number of aromatic nitrogens is 4. The highest BCUT2D eigenvalue weighted by atomic mass is 16.5. The van der Waals surface area contributed by atoms with E-state index in [4.69, 9.17) is 9.72 Å². The molecule has 0 radical (unpaired) electrons. The molecule has 3 saturated heterocycles. The smallest absolute Gasteiger partial charge is 0.276 e. The number of nitrogens with one attached hydrogen (secondary N) is 2. The average Bonchev–Trinajstić information content (AvgIpc) is 3.99. The topological polar surface area (TPSA) is 191 Å². The fourth-order valence-corrected chi connectivity index (χ4v) is 12.7. The summed E-state index contributed by atoms with van der Waals surface area (Å²) in [7, 11) is 1.69. The summed E-state index contributed by atoms with van der Waals surface area (Å²) < 4.78 is 10.2. The molecule has 71 heavy (non-hydrogen) atoms. The van der Waals surface area contributed by atoms with Crippen molar-refractivity contribution in [1.82, 2.24) is 34.2 Å². The van der Waals surface area contributed by atoms with Gasteiger partial charge in [-0.1, -0.05) is 13.8 Å². The van der Waals surface area contributed by atoms with Gasteiger partial charge in [0, 0.05) is 105 Å². The van der Waals surface area contributed by atoms with Gasteiger partial charge in [-0.3, -0.25) is 39.1 Å². The molecule has 1 aromatic carbocycles. The van der Waals surface area contributed by atoms with Gasteiger partial charge < -0.3 is 39.0 Å². The lowest BCUT2D eigenvalue weighted by molar-refractivity contribution is -0.136. The average molecular weight is 962 g/mol. The molecule has 7 aliphatic rings. The zero-order chi connectivity index (χ0) is 49.0. The summed E-state index contributed by atoms with van der Waals surface area (Å²) in [4.78, 5) is 85.6. The molecular formula is C53H59N11O7. The quantitative estimate of drug-likeness (QED) is 0.186. The molecule has 368 valence electrons. The van der Waals surface area contributed by atoms with Crippen LogP contribution >= 0.6 is 0 Å². The normalized spacial score (nSPS) is 23.7. The Labute approximate surface area is 411 Å². The number of piperazine rings is 1. The van der Waals surface area contributed by atoms with E-state index in [-0.39, 0.29) is 60.4 Å². The molecule has 3 fully saturated rings. The van der Waals surface area contributed by atoms with Gasteiger partial charge in [0.05, 0.1) is 36.8 Å². The third kappa shape index (κ3) is 7.64. The molecule has 1 unspecified atom stereocenters. The number of hydrogen-bond donors (Lipinski definition) is 3. The lowest BCUT2D eigenvalue weighted by Crippen LogP contribution is -2.59. The second-order valence-electron chi connectivity index (χ2n) is 21.2. The minimum atomic E-state index is -0.668. The third-order valence-electron chi connectivity index (χ3n) is 16.1. The number of carbonyl (C=O) groups is 4. The SMILES string of the molecule is C[C@H]1CN([C@H]2CCN3c4ccc5c(c4OC[C@H]3C2)CN(C2CCC(=O)NC2=O)C5=O)CCN1c1ccc(Nc2cc(-c3ccnc(N4CCn5c(cc6c5CC(C)(C)C6)C4=O)c3CO)cn(C)c2=O)nc1. The van der Waals surface area contributed by atoms with Crippen LogP contribution in [0, 0.1) is 5.41 Å². The van der Waals surface area contributed by atoms with Gasteiger partial charge >= 0.3 is 0 Å². The van der Waals surface area contributed by atoms with Crippen LogP contribution in [-0.4, -0.2) is 121 Å². The molecule has 1 aliphatic carbocycles. The molecule has 0 spiro atoms. The van der Waals surface area contributed by atoms with Crippen LogP contribution in [0.25, 0.3) is 11.1 Å². The van der Waals surface area contributed by atoms with Crippen molar-refractivity contribution in [2.45, 2.75) is 103 Å². The number of hydrogen-bond acceptors (Lipinski definition) is 13. The van der Waals surface area contributed by atoms with Crippen LogP contribution in [0.15, 0.2) is 65.8 Å². The first kappa shape index (κ1) is 45.1. The first-order valence-electron chi connectivity index (χ1n) is 25.0. The van der Waals surface area contributed by atoms with Gasteiger partial charge in [-0.15, -0.1) is 0 Å². The van der Waals surface area contributed by atoms with E-state index in [1.807, 2.05) is 42.6 Å². The number of imide groups is 1. The predicted octanol–water partition coefficient (Wildman–Crippen LogP) is 4.37. The molecule has 6 aliphatic heterocycles. The van der Waals surface area contributed by atoms with Crippen LogP contribution in [0.2, 0.25) is 0 Å². The highest BCUT2D eigenvalue weighted by Crippen LogP contribution is 2.46. The number of nitrogens with zero attached hydrogens (tertiary/aromatic N) is 9. The Bertz CT molecular complexity index is 3110. The van der Waals surface area contributed by atoms with E-state index in [1.165, 1.54) is 15.8 Å². The molecule has 5 aromatic rings. The van der Waals surface area contributed by atoms with Crippen LogP contribution < -0.4 is 35.6 Å². The minimum absolute atomic E-state index is 0.131. The first-order valence-corrected chi connectivity index (χ1v) is 25.0. The fourth-order valence-electron chi connectivity index (χ4n) is 12.7. The van der Waals surface area contributed by atoms with Crippen molar-refractivity contribution in [2.75, 3.05) is 59.3 Å². The van der Waals surface area contributed by atoms with E-state index in [0.717, 1.165) is 74.6 Å². The van der Waals surface area contributed by atoms with Crippen LogP contribution in [-0.2, 0) is 49.2 Å². The molecule has 3 N–H and O–H groups in total. The number of benzene rings is 1. The van der Waals surface area contributed by atoms with E-state index in [0.29, 0.717) is 77.4 Å². The van der Waals surface area contributed by atoms with Crippen molar-refractivity contribution < 1.29 is 29.0 Å². The van der Waals surface area contributed by atoms with Crippen molar-refractivity contribution in [3.8, 4) is 16.9 Å². The van der Waals surface area contributed by atoms with E-state index in [9.17, 15) is 29.1 Å². The number of rotatable bonds is 8. The Morgan fingerprint density at radius 2 is 1.75 bits per heavy atom. The minimum Gasteiger partial charge on any atom is -0.489 e. The summed E-state index contributed by atoms with van der Waals surface area (Å²) in [6, 6.07) is 13.6. The van der Waals surface area contributed by atoms with Crippen molar-refractivity contribution in [1.29, 1.82) is 0 Å². The van der Waals surface area contributed by atoms with Crippen molar-refractivity contribution in [2.24, 2.45) is 12.5 Å². The molecule has 4 atom stereocenters. The van der Waals surface area contributed by atoms with E-state index in [1.54, 1.807) is 35.3 Å². The van der Waals surface area contributed by atoms with Crippen LogP contribution in [0.3, 0.4) is 0 Å². The highest BCUT2D eigenvalue weighted by molar-refractivity contribution is 6.07. The lowest BCUT2D eigenvalue weighted by atomic mass is 9.90. The summed E-state index contributed by atoms with van der Waals surface area (Å²) in [5, 5.41) is 16.5. The predicted molar refractivity (Wildman–Crippen MR) is 266 cm³/mol. The number of anilines is 5. The van der Waals surface area contributed by atoms with Gasteiger partial charge in [0.25, 0.3) is 17.4 Å². The summed E-state index contributed by atoms with van der Waals surface area (Å²) in [5.41, 5.74) is 8.68. The number of fused-ring (bicyclic) bond motifs is 8. The Kier molecular flexibility index (Phi) is 10.8. The van der Waals surface area contributed by atoms with Gasteiger partial charge in [-0.2, -0.15) is 0 Å². The number of aryl methyl sites for hydroxylation is 1. The van der Waals surface area contributed by atoms with E-state index >= 15 is 0 Å². The maximum absolute atomic E-state index is 14.0. The Morgan fingerprint density at radius 1 is 0.887 bits per heavy atom. The van der Waals surface area contributed by atoms with Gasteiger partial charge in [0.15, 0.2) is 0 Å². The molecule has 18 nitrogen and oxygen atoms in total. The fraction of sp³-hybridized carbons (Fsp3) is 0.453. The lowest BCUT2D eigenvalue weighted by Gasteiger charge is -2.50. The number of amides is 4. The molecule has 0 saturated carbocycles. The number of aliphatic hydroxyl groups is 1.